The Kier molecular flexibility index (Phi) is 9.12. The van der Waals surface area contributed by atoms with Crippen molar-refractivity contribution >= 4 is 0 Å². The van der Waals surface area contributed by atoms with Gasteiger partial charge in [-0.25, -0.2) is 0 Å². The average Bonchev–Trinajstić information content (AvgIpc) is 2.25. The van der Waals surface area contributed by atoms with Crippen LogP contribution in [0.1, 0.15) is 53.9 Å². The molecule has 2 atom stereocenters. The van der Waals surface area contributed by atoms with Crippen LogP contribution >= 0.6 is 0 Å². The Hall–Kier alpha value is -0.0800. The van der Waals surface area contributed by atoms with Crippen molar-refractivity contribution in [3.8, 4) is 0 Å². The molecule has 0 aromatic heterocycles. The Bertz CT molecular complexity index is 126. The molecule has 2 heteroatoms. The summed E-state index contributed by atoms with van der Waals surface area (Å²) >= 11 is 0. The molecule has 0 bridgehead atoms. The smallest absolute Gasteiger partial charge is 0.0246 e. The van der Waals surface area contributed by atoms with Crippen molar-refractivity contribution in [2.75, 3.05) is 19.6 Å². The first-order valence-electron chi connectivity index (χ1n) is 6.72. The topological polar surface area (TPSA) is 15.3 Å². The van der Waals surface area contributed by atoms with Crippen LogP contribution < -0.4 is 5.32 Å². The van der Waals surface area contributed by atoms with Gasteiger partial charge in [-0.2, -0.15) is 0 Å². The normalized spacial score (nSPS) is 15.6. The van der Waals surface area contributed by atoms with Crippen LogP contribution in [0.3, 0.4) is 0 Å². The lowest BCUT2D eigenvalue weighted by Gasteiger charge is -2.35. The number of likely N-dealkylation sites (N-methyl/N-ethyl adjacent to an activating group) is 2. The van der Waals surface area contributed by atoms with Gasteiger partial charge in [0.2, 0.25) is 0 Å². The zero-order valence-corrected chi connectivity index (χ0v) is 11.3. The molecule has 0 heterocycles. The van der Waals surface area contributed by atoms with Gasteiger partial charge in [-0.3, -0.25) is 4.90 Å². The largest absolute Gasteiger partial charge is 0.313 e. The molecular formula is C13H30N2. The van der Waals surface area contributed by atoms with E-state index in [0.717, 1.165) is 6.54 Å². The predicted molar refractivity (Wildman–Crippen MR) is 69.4 cm³/mol. The molecule has 0 rings (SSSR count). The third-order valence-corrected chi connectivity index (χ3v) is 3.23. The van der Waals surface area contributed by atoms with Gasteiger partial charge < -0.3 is 5.32 Å². The molecule has 2 nitrogen and oxygen atoms in total. The van der Waals surface area contributed by atoms with Crippen molar-refractivity contribution in [2.45, 2.75) is 66.0 Å². The Morgan fingerprint density at radius 1 is 1.00 bits per heavy atom. The van der Waals surface area contributed by atoms with E-state index in [0.29, 0.717) is 12.1 Å². The Labute approximate surface area is 96.4 Å². The molecule has 0 aliphatic rings. The molecule has 92 valence electrons. The highest BCUT2D eigenvalue weighted by Gasteiger charge is 2.22. The van der Waals surface area contributed by atoms with E-state index in [1.165, 1.54) is 32.4 Å². The Morgan fingerprint density at radius 3 is 1.93 bits per heavy atom. The Balaban J connectivity index is 4.40. The van der Waals surface area contributed by atoms with E-state index >= 15 is 0 Å². The summed E-state index contributed by atoms with van der Waals surface area (Å²) in [6.45, 7) is 14.7. The fourth-order valence-electron chi connectivity index (χ4n) is 2.49. The van der Waals surface area contributed by atoms with E-state index in [2.05, 4.69) is 44.8 Å². The van der Waals surface area contributed by atoms with Crippen molar-refractivity contribution < 1.29 is 0 Å². The molecule has 2 unspecified atom stereocenters. The van der Waals surface area contributed by atoms with E-state index in [-0.39, 0.29) is 0 Å². The first kappa shape index (κ1) is 14.9. The summed E-state index contributed by atoms with van der Waals surface area (Å²) in [5.41, 5.74) is 0. The minimum Gasteiger partial charge on any atom is -0.313 e. The maximum absolute atomic E-state index is 3.64. The van der Waals surface area contributed by atoms with E-state index < -0.39 is 0 Å². The van der Waals surface area contributed by atoms with Crippen LogP contribution in [0.25, 0.3) is 0 Å². The lowest BCUT2D eigenvalue weighted by molar-refractivity contribution is 0.161. The summed E-state index contributed by atoms with van der Waals surface area (Å²) in [6, 6.07) is 1.38. The lowest BCUT2D eigenvalue weighted by atomic mass is 9.99. The summed E-state index contributed by atoms with van der Waals surface area (Å²) in [5, 5.41) is 3.64. The average molecular weight is 214 g/mol. The highest BCUT2D eigenvalue weighted by Crippen LogP contribution is 2.13. The van der Waals surface area contributed by atoms with Crippen molar-refractivity contribution in [3.05, 3.63) is 0 Å². The molecule has 0 aromatic rings. The van der Waals surface area contributed by atoms with Gasteiger partial charge in [0.1, 0.15) is 0 Å². The van der Waals surface area contributed by atoms with Gasteiger partial charge in [0.25, 0.3) is 0 Å². The number of nitrogens with one attached hydrogen (secondary N) is 1. The van der Waals surface area contributed by atoms with Gasteiger partial charge in [-0.05, 0) is 32.5 Å². The van der Waals surface area contributed by atoms with Crippen LogP contribution in [0.15, 0.2) is 0 Å². The minimum absolute atomic E-state index is 0.671. The van der Waals surface area contributed by atoms with Gasteiger partial charge in [-0.15, -0.1) is 0 Å². The van der Waals surface area contributed by atoms with Crippen LogP contribution in [0.5, 0.6) is 0 Å². The molecular weight excluding hydrogens is 184 g/mol. The molecule has 0 saturated heterocycles. The quantitative estimate of drug-likeness (QED) is 0.635. The third kappa shape index (κ3) is 4.98. The van der Waals surface area contributed by atoms with Crippen molar-refractivity contribution in [3.63, 3.8) is 0 Å². The standard InChI is InChI=1S/C13H30N2/c1-6-11-12(14-8-3)13(7-2)15(9-4)10-5/h12-14H,6-11H2,1-5H3. The van der Waals surface area contributed by atoms with Gasteiger partial charge >= 0.3 is 0 Å². The molecule has 0 spiro atoms. The Morgan fingerprint density at radius 2 is 1.60 bits per heavy atom. The van der Waals surface area contributed by atoms with E-state index in [1.54, 1.807) is 0 Å². The molecule has 0 radical (unpaired) electrons. The summed E-state index contributed by atoms with van der Waals surface area (Å²) < 4.78 is 0. The fourth-order valence-corrected chi connectivity index (χ4v) is 2.49. The number of rotatable bonds is 9. The highest BCUT2D eigenvalue weighted by molar-refractivity contribution is 4.82. The van der Waals surface area contributed by atoms with Crippen LogP contribution in [0.2, 0.25) is 0 Å². The molecule has 0 aliphatic heterocycles. The second-order valence-corrected chi connectivity index (χ2v) is 4.15. The van der Waals surface area contributed by atoms with Gasteiger partial charge in [0.05, 0.1) is 0 Å². The van der Waals surface area contributed by atoms with Crippen molar-refractivity contribution in [2.24, 2.45) is 0 Å². The summed E-state index contributed by atoms with van der Waals surface area (Å²) in [7, 11) is 0. The zero-order chi connectivity index (χ0) is 11.7. The van der Waals surface area contributed by atoms with Gasteiger partial charge in [-0.1, -0.05) is 41.0 Å². The maximum atomic E-state index is 3.64. The molecule has 1 N–H and O–H groups in total. The zero-order valence-electron chi connectivity index (χ0n) is 11.3. The molecule has 0 aromatic carbocycles. The lowest BCUT2D eigenvalue weighted by Crippen LogP contribution is -2.49. The summed E-state index contributed by atoms with van der Waals surface area (Å²) in [5.74, 6) is 0. The van der Waals surface area contributed by atoms with Crippen LogP contribution in [0, 0.1) is 0 Å². The van der Waals surface area contributed by atoms with Crippen molar-refractivity contribution in [1.29, 1.82) is 0 Å². The SMILES string of the molecule is CCCC(NCC)C(CC)N(CC)CC. The molecule has 0 saturated carbocycles. The maximum Gasteiger partial charge on any atom is 0.0246 e. The first-order valence-corrected chi connectivity index (χ1v) is 6.72. The third-order valence-electron chi connectivity index (χ3n) is 3.23. The van der Waals surface area contributed by atoms with E-state index in [9.17, 15) is 0 Å². The number of nitrogens with zero attached hydrogens (tertiary/aromatic N) is 1. The second kappa shape index (κ2) is 9.17. The van der Waals surface area contributed by atoms with Crippen LogP contribution in [-0.2, 0) is 0 Å². The van der Waals surface area contributed by atoms with Gasteiger partial charge in [0, 0.05) is 12.1 Å². The monoisotopic (exact) mass is 214 g/mol. The molecule has 0 fully saturated rings. The summed E-state index contributed by atoms with van der Waals surface area (Å²) in [4.78, 5) is 2.59. The number of hydrogen-bond acceptors (Lipinski definition) is 2. The minimum atomic E-state index is 0.671. The summed E-state index contributed by atoms with van der Waals surface area (Å²) in [6.07, 6.45) is 3.82. The highest BCUT2D eigenvalue weighted by atomic mass is 15.2. The fraction of sp³-hybridized carbons (Fsp3) is 1.00. The molecule has 0 amide bonds. The van der Waals surface area contributed by atoms with Crippen molar-refractivity contribution in [1.82, 2.24) is 10.2 Å². The molecule has 15 heavy (non-hydrogen) atoms. The first-order chi connectivity index (χ1) is 7.24. The molecule has 0 aliphatic carbocycles. The van der Waals surface area contributed by atoms with Gasteiger partial charge in [0.15, 0.2) is 0 Å². The van der Waals surface area contributed by atoms with E-state index in [4.69, 9.17) is 0 Å². The second-order valence-electron chi connectivity index (χ2n) is 4.15. The van der Waals surface area contributed by atoms with Crippen LogP contribution in [-0.4, -0.2) is 36.6 Å². The van der Waals surface area contributed by atoms with E-state index in [1.807, 2.05) is 0 Å². The predicted octanol–water partition coefficient (Wildman–Crippen LogP) is 2.89. The van der Waals surface area contributed by atoms with Crippen LogP contribution in [0.4, 0.5) is 0 Å². The number of hydrogen-bond donors (Lipinski definition) is 1.